The van der Waals surface area contributed by atoms with Gasteiger partial charge in [0.15, 0.2) is 0 Å². The van der Waals surface area contributed by atoms with E-state index in [4.69, 9.17) is 0 Å². The molecule has 0 aliphatic rings. The van der Waals surface area contributed by atoms with E-state index in [1.807, 2.05) is 30.5 Å². The average molecular weight is 248 g/mol. The van der Waals surface area contributed by atoms with E-state index in [1.165, 1.54) is 0 Å². The average Bonchev–Trinajstić information content (AvgIpc) is 2.39. The molecule has 2 heterocycles. The molecule has 2 rings (SSSR count). The maximum absolute atomic E-state index is 4.38. The first-order valence-electron chi connectivity index (χ1n) is 4.96. The number of aromatic nitrogens is 2. The molecule has 2 nitrogen and oxygen atoms in total. The first kappa shape index (κ1) is 11.5. The zero-order valence-electron chi connectivity index (χ0n) is 8.67. The summed E-state index contributed by atoms with van der Waals surface area (Å²) >= 11 is 8.49. The lowest BCUT2D eigenvalue weighted by Gasteiger charge is -2.05. The van der Waals surface area contributed by atoms with Crippen molar-refractivity contribution >= 4 is 25.3 Å². The summed E-state index contributed by atoms with van der Waals surface area (Å²) in [5.41, 5.74) is 3.99. The van der Waals surface area contributed by atoms with Gasteiger partial charge < -0.3 is 0 Å². The van der Waals surface area contributed by atoms with Gasteiger partial charge in [0.1, 0.15) is 0 Å². The number of hydrogen-bond donors (Lipinski definition) is 2. The molecule has 0 radical (unpaired) electrons. The normalized spacial score (nSPS) is 10.4. The number of pyridine rings is 2. The van der Waals surface area contributed by atoms with Gasteiger partial charge in [0.2, 0.25) is 0 Å². The molecule has 0 aliphatic carbocycles. The van der Waals surface area contributed by atoms with Gasteiger partial charge in [-0.3, -0.25) is 9.97 Å². The number of hydrogen-bond acceptors (Lipinski definition) is 4. The van der Waals surface area contributed by atoms with Crippen LogP contribution in [-0.4, -0.2) is 9.97 Å². The number of thiol groups is 2. The van der Waals surface area contributed by atoms with Gasteiger partial charge in [-0.1, -0.05) is 12.1 Å². The van der Waals surface area contributed by atoms with Gasteiger partial charge in [-0.25, -0.2) is 0 Å². The van der Waals surface area contributed by atoms with Gasteiger partial charge >= 0.3 is 0 Å². The van der Waals surface area contributed by atoms with Crippen molar-refractivity contribution in [1.82, 2.24) is 9.97 Å². The minimum atomic E-state index is 0.666. The van der Waals surface area contributed by atoms with E-state index in [2.05, 4.69) is 35.2 Å². The Kier molecular flexibility index (Phi) is 3.85. The van der Waals surface area contributed by atoms with Gasteiger partial charge in [-0.2, -0.15) is 25.3 Å². The van der Waals surface area contributed by atoms with Crippen molar-refractivity contribution in [2.45, 2.75) is 11.5 Å². The lowest BCUT2D eigenvalue weighted by molar-refractivity contribution is 1.19. The van der Waals surface area contributed by atoms with Crippen molar-refractivity contribution in [2.24, 2.45) is 0 Å². The molecule has 0 atom stereocenters. The smallest absolute Gasteiger partial charge is 0.0926 e. The Morgan fingerprint density at radius 2 is 1.88 bits per heavy atom. The van der Waals surface area contributed by atoms with Gasteiger partial charge in [0.25, 0.3) is 0 Å². The maximum atomic E-state index is 4.38. The molecule has 4 heteroatoms. The van der Waals surface area contributed by atoms with Crippen LogP contribution in [0.2, 0.25) is 0 Å². The highest BCUT2D eigenvalue weighted by atomic mass is 32.1. The highest BCUT2D eigenvalue weighted by Gasteiger charge is 2.05. The molecule has 82 valence electrons. The topological polar surface area (TPSA) is 25.8 Å². The second-order valence-corrected chi connectivity index (χ2v) is 4.01. The Morgan fingerprint density at radius 1 is 1.00 bits per heavy atom. The van der Waals surface area contributed by atoms with E-state index < -0.39 is 0 Å². The summed E-state index contributed by atoms with van der Waals surface area (Å²) in [5.74, 6) is 1.37. The Balaban J connectivity index is 2.42. The fraction of sp³-hybridized carbons (Fsp3) is 0.167. The van der Waals surface area contributed by atoms with E-state index in [-0.39, 0.29) is 0 Å². The molecule has 0 unspecified atom stereocenters. The van der Waals surface area contributed by atoms with Gasteiger partial charge in [0, 0.05) is 23.9 Å². The molecule has 0 saturated heterocycles. The third kappa shape index (κ3) is 2.39. The fourth-order valence-corrected chi connectivity index (χ4v) is 1.90. The summed E-state index contributed by atoms with van der Waals surface area (Å²) in [6, 6.07) is 7.92. The van der Waals surface area contributed by atoms with Crippen LogP contribution < -0.4 is 0 Å². The van der Waals surface area contributed by atoms with Gasteiger partial charge in [0.05, 0.1) is 11.4 Å². The van der Waals surface area contributed by atoms with Crippen molar-refractivity contribution in [1.29, 1.82) is 0 Å². The number of nitrogens with zero attached hydrogens (tertiary/aromatic N) is 2. The summed E-state index contributed by atoms with van der Waals surface area (Å²) < 4.78 is 0. The third-order valence-corrected chi connectivity index (χ3v) is 3.02. The third-order valence-electron chi connectivity index (χ3n) is 2.31. The van der Waals surface area contributed by atoms with Crippen LogP contribution in [0.25, 0.3) is 11.4 Å². The Bertz CT molecular complexity index is 469. The summed E-state index contributed by atoms with van der Waals surface area (Å²) in [7, 11) is 0. The van der Waals surface area contributed by atoms with Crippen molar-refractivity contribution in [3.63, 3.8) is 0 Å². The zero-order chi connectivity index (χ0) is 11.4. The van der Waals surface area contributed by atoms with Crippen LogP contribution >= 0.6 is 25.3 Å². The highest BCUT2D eigenvalue weighted by Crippen LogP contribution is 2.20. The Labute approximate surface area is 106 Å². The minimum absolute atomic E-state index is 0.666. The molecule has 0 saturated carbocycles. The lowest BCUT2D eigenvalue weighted by Crippen LogP contribution is -1.93. The largest absolute Gasteiger partial charge is 0.254 e. The summed E-state index contributed by atoms with van der Waals surface area (Å²) in [6.45, 7) is 0. The SMILES string of the molecule is SCc1ccc(-c2ncccc2CS)nc1. The zero-order valence-corrected chi connectivity index (χ0v) is 10.5. The van der Waals surface area contributed by atoms with Gasteiger partial charge in [-0.15, -0.1) is 0 Å². The second kappa shape index (κ2) is 5.37. The molecule has 0 fully saturated rings. The van der Waals surface area contributed by atoms with Crippen LogP contribution in [0.1, 0.15) is 11.1 Å². The van der Waals surface area contributed by atoms with Crippen molar-refractivity contribution in [3.8, 4) is 11.4 Å². The van der Waals surface area contributed by atoms with Crippen LogP contribution in [0.15, 0.2) is 36.7 Å². The molecule has 0 bridgehead atoms. The molecule has 0 aromatic carbocycles. The molecule has 16 heavy (non-hydrogen) atoms. The Morgan fingerprint density at radius 3 is 2.50 bits per heavy atom. The van der Waals surface area contributed by atoms with Crippen molar-refractivity contribution in [3.05, 3.63) is 47.8 Å². The quantitative estimate of drug-likeness (QED) is 0.817. The van der Waals surface area contributed by atoms with Crippen LogP contribution in [0.5, 0.6) is 0 Å². The molecule has 2 aromatic rings. The Hall–Kier alpha value is -1.00. The molecule has 0 spiro atoms. The van der Waals surface area contributed by atoms with E-state index >= 15 is 0 Å². The lowest BCUT2D eigenvalue weighted by atomic mass is 10.1. The van der Waals surface area contributed by atoms with Crippen molar-refractivity contribution in [2.75, 3.05) is 0 Å². The summed E-state index contributed by atoms with van der Waals surface area (Å²) in [5, 5.41) is 0. The highest BCUT2D eigenvalue weighted by molar-refractivity contribution is 7.79. The first-order chi connectivity index (χ1) is 7.85. The summed E-state index contributed by atoms with van der Waals surface area (Å²) in [6.07, 6.45) is 3.61. The predicted octanol–water partition coefficient (Wildman–Crippen LogP) is 3.00. The van der Waals surface area contributed by atoms with E-state index in [9.17, 15) is 0 Å². The predicted molar refractivity (Wildman–Crippen MR) is 72.8 cm³/mol. The molecule has 0 N–H and O–H groups in total. The standard InChI is InChI=1S/C12H12N2S2/c15-7-9-3-4-11(14-6-9)12-10(8-16)2-1-5-13-12/h1-6,15-16H,7-8H2. The molecule has 2 aromatic heterocycles. The van der Waals surface area contributed by atoms with Crippen LogP contribution in [-0.2, 0) is 11.5 Å². The molecule has 0 aliphatic heterocycles. The van der Waals surface area contributed by atoms with Gasteiger partial charge in [-0.05, 0) is 23.3 Å². The van der Waals surface area contributed by atoms with E-state index in [0.29, 0.717) is 11.5 Å². The first-order valence-corrected chi connectivity index (χ1v) is 6.22. The maximum Gasteiger partial charge on any atom is 0.0926 e. The molecule has 0 amide bonds. The van der Waals surface area contributed by atoms with E-state index in [1.54, 1.807) is 6.20 Å². The van der Waals surface area contributed by atoms with Crippen LogP contribution in [0, 0.1) is 0 Å². The van der Waals surface area contributed by atoms with Crippen LogP contribution in [0.3, 0.4) is 0 Å². The fourth-order valence-electron chi connectivity index (χ4n) is 1.45. The molecular formula is C12H12N2S2. The van der Waals surface area contributed by atoms with Crippen LogP contribution in [0.4, 0.5) is 0 Å². The van der Waals surface area contributed by atoms with E-state index in [0.717, 1.165) is 22.5 Å². The second-order valence-electron chi connectivity index (χ2n) is 3.38. The van der Waals surface area contributed by atoms with Crippen molar-refractivity contribution < 1.29 is 0 Å². The number of rotatable bonds is 3. The monoisotopic (exact) mass is 248 g/mol. The summed E-state index contributed by atoms with van der Waals surface area (Å²) in [4.78, 5) is 8.73. The molecular weight excluding hydrogens is 236 g/mol. The minimum Gasteiger partial charge on any atom is -0.254 e.